The first-order valence-corrected chi connectivity index (χ1v) is 4.24. The summed E-state index contributed by atoms with van der Waals surface area (Å²) < 4.78 is 12.8. The highest BCUT2D eigenvalue weighted by Crippen LogP contribution is 2.10. The van der Waals surface area contributed by atoms with Gasteiger partial charge in [-0.1, -0.05) is 0 Å². The molecule has 1 unspecified atom stereocenters. The maximum atomic E-state index is 12.8. The molecule has 0 heterocycles. The molecule has 1 rings (SSSR count). The minimum Gasteiger partial charge on any atom is -0.384 e. The number of benzene rings is 1. The Labute approximate surface area is 81.4 Å². The third-order valence-corrected chi connectivity index (χ3v) is 1.97. The summed E-state index contributed by atoms with van der Waals surface area (Å²) in [5.41, 5.74) is 5.79. The lowest BCUT2D eigenvalue weighted by molar-refractivity contribution is 0.0763. The predicted octanol–water partition coefficient (Wildman–Crippen LogP) is 0.636. The summed E-state index contributed by atoms with van der Waals surface area (Å²) >= 11 is 0. The Morgan fingerprint density at radius 2 is 2.29 bits per heavy atom. The van der Waals surface area contributed by atoms with Crippen LogP contribution in [0.25, 0.3) is 0 Å². The number of Topliss-reactive ketones (excluding diaryl/α,β-unsaturated/α-hetero) is 1. The van der Waals surface area contributed by atoms with Crippen molar-refractivity contribution >= 4 is 5.78 Å². The Morgan fingerprint density at radius 3 is 2.79 bits per heavy atom. The molecule has 0 aliphatic carbocycles. The fraction of sp³-hybridized carbons (Fsp3) is 0.300. The summed E-state index contributed by atoms with van der Waals surface area (Å²) in [6.45, 7) is 1.43. The zero-order chi connectivity index (χ0) is 10.7. The summed E-state index contributed by atoms with van der Waals surface area (Å²) in [5, 5.41) is 9.17. The molecule has 14 heavy (non-hydrogen) atoms. The maximum Gasteiger partial charge on any atom is 0.192 e. The first kappa shape index (κ1) is 10.8. The average molecular weight is 197 g/mol. The Balaban J connectivity index is 2.97. The van der Waals surface area contributed by atoms with Gasteiger partial charge < -0.3 is 10.8 Å². The third-order valence-electron chi connectivity index (χ3n) is 1.97. The summed E-state index contributed by atoms with van der Waals surface area (Å²) in [5.74, 6) is -0.848. The van der Waals surface area contributed by atoms with Crippen molar-refractivity contribution in [3.05, 3.63) is 35.1 Å². The number of nitrogens with two attached hydrogens (primary N) is 1. The Morgan fingerprint density at radius 1 is 1.64 bits per heavy atom. The molecule has 3 nitrogen and oxygen atoms in total. The van der Waals surface area contributed by atoms with Crippen molar-refractivity contribution in [1.29, 1.82) is 0 Å². The van der Waals surface area contributed by atoms with Crippen LogP contribution in [0, 0.1) is 12.7 Å². The van der Waals surface area contributed by atoms with E-state index in [1.54, 1.807) is 6.92 Å². The van der Waals surface area contributed by atoms with Gasteiger partial charge in [-0.2, -0.15) is 0 Å². The molecule has 0 saturated heterocycles. The van der Waals surface area contributed by atoms with E-state index in [1.165, 1.54) is 18.2 Å². The number of halogens is 1. The molecule has 0 fully saturated rings. The molecular formula is C10H12FNO2. The second kappa shape index (κ2) is 4.30. The van der Waals surface area contributed by atoms with Crippen molar-refractivity contribution in [2.24, 2.45) is 5.73 Å². The molecule has 0 amide bonds. The quantitative estimate of drug-likeness (QED) is 0.699. The number of carbonyl (C=O) groups excluding carboxylic acids is 1. The molecule has 0 radical (unpaired) electrons. The molecule has 4 heteroatoms. The number of aryl methyl sites for hydroxylation is 1. The molecule has 0 bridgehead atoms. The molecule has 0 aliphatic heterocycles. The van der Waals surface area contributed by atoms with Crippen LogP contribution in [0.5, 0.6) is 0 Å². The van der Waals surface area contributed by atoms with Gasteiger partial charge in [0.1, 0.15) is 11.9 Å². The lowest BCUT2D eigenvalue weighted by Crippen LogP contribution is -2.29. The molecule has 0 aliphatic rings. The van der Waals surface area contributed by atoms with Crippen LogP contribution in [0.1, 0.15) is 15.9 Å². The van der Waals surface area contributed by atoms with Crippen molar-refractivity contribution in [3.8, 4) is 0 Å². The number of hydrogen-bond donors (Lipinski definition) is 2. The molecular weight excluding hydrogens is 185 g/mol. The first-order valence-electron chi connectivity index (χ1n) is 4.24. The minimum absolute atomic E-state index is 0.130. The smallest absolute Gasteiger partial charge is 0.192 e. The molecule has 1 aromatic rings. The summed E-state index contributed by atoms with van der Waals surface area (Å²) in [6, 6.07) is 3.94. The van der Waals surface area contributed by atoms with Gasteiger partial charge in [-0.05, 0) is 30.7 Å². The average Bonchev–Trinajstić information content (AvgIpc) is 2.20. The Bertz CT molecular complexity index is 352. The van der Waals surface area contributed by atoms with Crippen molar-refractivity contribution < 1.29 is 14.3 Å². The largest absolute Gasteiger partial charge is 0.384 e. The molecule has 0 aromatic heterocycles. The van der Waals surface area contributed by atoms with Gasteiger partial charge in [-0.25, -0.2) is 4.39 Å². The number of carbonyl (C=O) groups is 1. The lowest BCUT2D eigenvalue weighted by Gasteiger charge is -2.07. The number of aliphatic hydroxyl groups excluding tert-OH is 1. The maximum absolute atomic E-state index is 12.8. The van der Waals surface area contributed by atoms with E-state index in [1.807, 2.05) is 0 Å². The number of rotatable bonds is 3. The van der Waals surface area contributed by atoms with E-state index in [0.717, 1.165) is 0 Å². The van der Waals surface area contributed by atoms with Gasteiger partial charge in [0.25, 0.3) is 0 Å². The van der Waals surface area contributed by atoms with E-state index >= 15 is 0 Å². The Kier molecular flexibility index (Phi) is 3.33. The fourth-order valence-corrected chi connectivity index (χ4v) is 1.10. The second-order valence-corrected chi connectivity index (χ2v) is 3.08. The molecule has 1 aromatic carbocycles. The number of aliphatic hydroxyl groups is 1. The van der Waals surface area contributed by atoms with Crippen molar-refractivity contribution in [1.82, 2.24) is 0 Å². The van der Waals surface area contributed by atoms with Gasteiger partial charge in [0, 0.05) is 12.1 Å². The van der Waals surface area contributed by atoms with Crippen LogP contribution in [0.3, 0.4) is 0 Å². The van der Waals surface area contributed by atoms with Gasteiger partial charge in [0.2, 0.25) is 0 Å². The lowest BCUT2D eigenvalue weighted by atomic mass is 10.0. The third kappa shape index (κ3) is 2.16. The van der Waals surface area contributed by atoms with E-state index in [2.05, 4.69) is 0 Å². The highest BCUT2D eigenvalue weighted by molar-refractivity contribution is 5.99. The Hall–Kier alpha value is -1.26. The van der Waals surface area contributed by atoms with Gasteiger partial charge in [-0.15, -0.1) is 0 Å². The molecule has 0 spiro atoms. The van der Waals surface area contributed by atoms with E-state index < -0.39 is 11.9 Å². The standard InChI is InChI=1S/C10H12FNO2/c1-6-4-7(2-3-8(6)11)10(14)9(13)5-12/h2-4,9,13H,5,12H2,1H3. The first-order chi connectivity index (χ1) is 6.56. The molecule has 3 N–H and O–H groups in total. The van der Waals surface area contributed by atoms with Crippen LogP contribution >= 0.6 is 0 Å². The minimum atomic E-state index is -1.21. The normalized spacial score (nSPS) is 12.6. The van der Waals surface area contributed by atoms with Crippen LogP contribution in [0.2, 0.25) is 0 Å². The summed E-state index contributed by atoms with van der Waals surface area (Å²) in [6.07, 6.45) is -1.21. The highest BCUT2D eigenvalue weighted by Gasteiger charge is 2.15. The summed E-state index contributed by atoms with van der Waals surface area (Å²) in [7, 11) is 0. The summed E-state index contributed by atoms with van der Waals surface area (Å²) in [4.78, 5) is 11.4. The fourth-order valence-electron chi connectivity index (χ4n) is 1.10. The molecule has 76 valence electrons. The highest BCUT2D eigenvalue weighted by atomic mass is 19.1. The predicted molar refractivity (Wildman–Crippen MR) is 50.5 cm³/mol. The monoisotopic (exact) mass is 197 g/mol. The SMILES string of the molecule is Cc1cc(C(=O)C(O)CN)ccc1F. The van der Waals surface area contributed by atoms with Crippen molar-refractivity contribution in [3.63, 3.8) is 0 Å². The van der Waals surface area contributed by atoms with Crippen molar-refractivity contribution in [2.45, 2.75) is 13.0 Å². The van der Waals surface area contributed by atoms with Crippen LogP contribution < -0.4 is 5.73 Å². The van der Waals surface area contributed by atoms with E-state index in [9.17, 15) is 14.3 Å². The van der Waals surface area contributed by atoms with E-state index in [-0.39, 0.29) is 17.9 Å². The number of ketones is 1. The molecule has 1 atom stereocenters. The zero-order valence-corrected chi connectivity index (χ0v) is 7.83. The topological polar surface area (TPSA) is 63.3 Å². The zero-order valence-electron chi connectivity index (χ0n) is 7.83. The van der Waals surface area contributed by atoms with Gasteiger partial charge in [0.05, 0.1) is 0 Å². The van der Waals surface area contributed by atoms with Gasteiger partial charge in [-0.3, -0.25) is 4.79 Å². The van der Waals surface area contributed by atoms with Gasteiger partial charge >= 0.3 is 0 Å². The van der Waals surface area contributed by atoms with Gasteiger partial charge in [0.15, 0.2) is 5.78 Å². The van der Waals surface area contributed by atoms with E-state index in [4.69, 9.17) is 5.73 Å². The molecule has 0 saturated carbocycles. The van der Waals surface area contributed by atoms with Crippen LogP contribution in [-0.2, 0) is 0 Å². The van der Waals surface area contributed by atoms with Crippen LogP contribution in [-0.4, -0.2) is 23.5 Å². The van der Waals surface area contributed by atoms with Crippen LogP contribution in [0.4, 0.5) is 4.39 Å². The second-order valence-electron chi connectivity index (χ2n) is 3.08. The number of hydrogen-bond acceptors (Lipinski definition) is 3. The van der Waals surface area contributed by atoms with E-state index in [0.29, 0.717) is 5.56 Å². The van der Waals surface area contributed by atoms with Crippen LogP contribution in [0.15, 0.2) is 18.2 Å². The van der Waals surface area contributed by atoms with Crippen molar-refractivity contribution in [2.75, 3.05) is 6.54 Å².